The van der Waals surface area contributed by atoms with Crippen molar-refractivity contribution < 1.29 is 9.59 Å². The summed E-state index contributed by atoms with van der Waals surface area (Å²) in [5, 5.41) is 0. The van der Waals surface area contributed by atoms with Gasteiger partial charge in [-0.25, -0.2) is 0 Å². The number of aryl methyl sites for hydroxylation is 2. The van der Waals surface area contributed by atoms with Crippen LogP contribution in [0.4, 0.5) is 5.69 Å². The Morgan fingerprint density at radius 2 is 1.61 bits per heavy atom. The molecule has 1 saturated heterocycles. The number of piperazine rings is 1. The molecule has 0 saturated carbocycles. The van der Waals surface area contributed by atoms with Gasteiger partial charge in [0.2, 0.25) is 5.91 Å². The number of hydrogen-bond acceptors (Lipinski definition) is 4. The molecule has 1 fully saturated rings. The van der Waals surface area contributed by atoms with Gasteiger partial charge in [0.25, 0.3) is 0 Å². The highest BCUT2D eigenvalue weighted by atomic mass is 32.2. The Kier molecular flexibility index (Phi) is 6.79. The number of anilines is 1. The minimum atomic E-state index is 0.0839. The molecule has 0 bridgehead atoms. The summed E-state index contributed by atoms with van der Waals surface area (Å²) in [6.45, 7) is 8.98. The standard InChI is InChI=1S/C23H28N2O2S/c1-17-4-9-22(16-18(17)2)28-15-10-23(27)25-13-11-24(12-14-25)21-7-5-20(6-8-21)19(3)26/h4-9,16H,10-15H2,1-3H3. The summed E-state index contributed by atoms with van der Waals surface area (Å²) < 4.78 is 0. The number of nitrogens with zero attached hydrogens (tertiary/aromatic N) is 2. The third-order valence-corrected chi connectivity index (χ3v) is 6.33. The van der Waals surface area contributed by atoms with Crippen LogP contribution in [0.3, 0.4) is 0 Å². The molecule has 28 heavy (non-hydrogen) atoms. The molecule has 0 spiro atoms. The second-order valence-corrected chi connectivity index (χ2v) is 8.48. The molecule has 0 N–H and O–H groups in total. The van der Waals surface area contributed by atoms with Crippen LogP contribution in [0.15, 0.2) is 47.4 Å². The summed E-state index contributed by atoms with van der Waals surface area (Å²) in [7, 11) is 0. The number of amides is 1. The van der Waals surface area contributed by atoms with E-state index in [9.17, 15) is 9.59 Å². The molecule has 3 rings (SSSR count). The predicted octanol–water partition coefficient (Wildman–Crippen LogP) is 4.34. The van der Waals surface area contributed by atoms with Gasteiger partial charge >= 0.3 is 0 Å². The number of thioether (sulfide) groups is 1. The smallest absolute Gasteiger partial charge is 0.223 e. The summed E-state index contributed by atoms with van der Waals surface area (Å²) in [5.41, 5.74) is 4.44. The molecular formula is C23H28N2O2S. The van der Waals surface area contributed by atoms with E-state index in [0.29, 0.717) is 6.42 Å². The van der Waals surface area contributed by atoms with Crippen LogP contribution in [0.25, 0.3) is 0 Å². The van der Waals surface area contributed by atoms with Gasteiger partial charge in [0.05, 0.1) is 0 Å². The normalized spacial score (nSPS) is 14.2. The van der Waals surface area contributed by atoms with Crippen molar-refractivity contribution in [2.24, 2.45) is 0 Å². The highest BCUT2D eigenvalue weighted by Gasteiger charge is 2.21. The molecule has 2 aromatic rings. The fourth-order valence-corrected chi connectivity index (χ4v) is 4.28. The average molecular weight is 397 g/mol. The Morgan fingerprint density at radius 3 is 2.21 bits per heavy atom. The Bertz CT molecular complexity index is 840. The zero-order chi connectivity index (χ0) is 20.1. The largest absolute Gasteiger partial charge is 0.368 e. The van der Waals surface area contributed by atoms with Crippen molar-refractivity contribution in [3.05, 3.63) is 59.2 Å². The summed E-state index contributed by atoms with van der Waals surface area (Å²) in [5.74, 6) is 1.14. The van der Waals surface area contributed by atoms with E-state index in [1.807, 2.05) is 29.2 Å². The Balaban J connectivity index is 1.44. The van der Waals surface area contributed by atoms with Crippen molar-refractivity contribution in [1.82, 2.24) is 4.90 Å². The molecule has 0 unspecified atom stereocenters. The van der Waals surface area contributed by atoms with Crippen molar-refractivity contribution in [3.63, 3.8) is 0 Å². The summed E-state index contributed by atoms with van der Waals surface area (Å²) in [6.07, 6.45) is 0.574. The van der Waals surface area contributed by atoms with E-state index in [1.54, 1.807) is 18.7 Å². The first-order chi connectivity index (χ1) is 13.4. The van der Waals surface area contributed by atoms with Gasteiger partial charge in [0.1, 0.15) is 0 Å². The van der Waals surface area contributed by atoms with Gasteiger partial charge < -0.3 is 9.80 Å². The number of hydrogen-bond donors (Lipinski definition) is 0. The number of Topliss-reactive ketones (excluding diaryl/α,β-unsaturated/α-hetero) is 1. The molecule has 1 amide bonds. The van der Waals surface area contributed by atoms with Gasteiger partial charge in [0, 0.05) is 54.5 Å². The van der Waals surface area contributed by atoms with E-state index in [4.69, 9.17) is 0 Å². The summed E-state index contributed by atoms with van der Waals surface area (Å²) >= 11 is 1.75. The lowest BCUT2D eigenvalue weighted by Crippen LogP contribution is -2.48. The van der Waals surface area contributed by atoms with Crippen molar-refractivity contribution in [1.29, 1.82) is 0 Å². The zero-order valence-corrected chi connectivity index (χ0v) is 17.7. The number of carbonyl (C=O) groups excluding carboxylic acids is 2. The molecule has 0 aliphatic carbocycles. The molecule has 1 aliphatic heterocycles. The van der Waals surface area contributed by atoms with Gasteiger partial charge in [-0.3, -0.25) is 9.59 Å². The topological polar surface area (TPSA) is 40.6 Å². The van der Waals surface area contributed by atoms with Crippen LogP contribution in [-0.4, -0.2) is 48.5 Å². The molecule has 4 nitrogen and oxygen atoms in total. The number of rotatable bonds is 6. The van der Waals surface area contributed by atoms with Crippen LogP contribution < -0.4 is 4.90 Å². The lowest BCUT2D eigenvalue weighted by atomic mass is 10.1. The number of carbonyl (C=O) groups is 2. The average Bonchev–Trinajstić information content (AvgIpc) is 2.71. The van der Waals surface area contributed by atoms with E-state index >= 15 is 0 Å². The van der Waals surface area contributed by atoms with Crippen LogP contribution in [-0.2, 0) is 4.79 Å². The third-order valence-electron chi connectivity index (χ3n) is 5.33. The lowest BCUT2D eigenvalue weighted by Gasteiger charge is -2.36. The van der Waals surface area contributed by atoms with Crippen LogP contribution in [0.5, 0.6) is 0 Å². The maximum Gasteiger partial charge on any atom is 0.223 e. The van der Waals surface area contributed by atoms with Crippen LogP contribution in [0.2, 0.25) is 0 Å². The third kappa shape index (κ3) is 5.16. The van der Waals surface area contributed by atoms with Gasteiger partial charge in [-0.2, -0.15) is 0 Å². The molecular weight excluding hydrogens is 368 g/mol. The van der Waals surface area contributed by atoms with E-state index in [0.717, 1.165) is 43.2 Å². The summed E-state index contributed by atoms with van der Waals surface area (Å²) in [4.78, 5) is 29.4. The van der Waals surface area contributed by atoms with Crippen LogP contribution in [0.1, 0.15) is 34.8 Å². The van der Waals surface area contributed by atoms with Gasteiger partial charge in [-0.1, -0.05) is 6.07 Å². The first kappa shape index (κ1) is 20.5. The van der Waals surface area contributed by atoms with Crippen molar-refractivity contribution in [2.45, 2.75) is 32.1 Å². The quantitative estimate of drug-likeness (QED) is 0.538. The molecule has 0 aromatic heterocycles. The van der Waals surface area contributed by atoms with E-state index in [-0.39, 0.29) is 11.7 Å². The van der Waals surface area contributed by atoms with Gasteiger partial charge in [-0.15, -0.1) is 11.8 Å². The maximum atomic E-state index is 12.5. The Morgan fingerprint density at radius 1 is 0.929 bits per heavy atom. The van der Waals surface area contributed by atoms with Gasteiger partial charge in [0.15, 0.2) is 5.78 Å². The Hall–Kier alpha value is -2.27. The molecule has 0 radical (unpaired) electrons. The first-order valence-corrected chi connectivity index (χ1v) is 10.8. The fourth-order valence-electron chi connectivity index (χ4n) is 3.34. The minimum absolute atomic E-state index is 0.0839. The van der Waals surface area contributed by atoms with Crippen LogP contribution >= 0.6 is 11.8 Å². The number of ketones is 1. The van der Waals surface area contributed by atoms with Crippen molar-refractivity contribution in [3.8, 4) is 0 Å². The minimum Gasteiger partial charge on any atom is -0.368 e. The van der Waals surface area contributed by atoms with Crippen molar-refractivity contribution >= 4 is 29.1 Å². The van der Waals surface area contributed by atoms with Crippen molar-refractivity contribution in [2.75, 3.05) is 36.8 Å². The maximum absolute atomic E-state index is 12.5. The van der Waals surface area contributed by atoms with Crippen LogP contribution in [0, 0.1) is 13.8 Å². The fraction of sp³-hybridized carbons (Fsp3) is 0.391. The zero-order valence-electron chi connectivity index (χ0n) is 16.9. The van der Waals surface area contributed by atoms with E-state index in [1.165, 1.54) is 16.0 Å². The molecule has 2 aromatic carbocycles. The monoisotopic (exact) mass is 396 g/mol. The Labute approximate surface area is 171 Å². The first-order valence-electron chi connectivity index (χ1n) is 9.78. The summed E-state index contributed by atoms with van der Waals surface area (Å²) in [6, 6.07) is 14.2. The number of benzene rings is 2. The molecule has 1 heterocycles. The predicted molar refractivity (Wildman–Crippen MR) is 116 cm³/mol. The highest BCUT2D eigenvalue weighted by Crippen LogP contribution is 2.22. The lowest BCUT2D eigenvalue weighted by molar-refractivity contribution is -0.131. The second-order valence-electron chi connectivity index (χ2n) is 7.32. The molecule has 148 valence electrons. The van der Waals surface area contributed by atoms with E-state index < -0.39 is 0 Å². The highest BCUT2D eigenvalue weighted by molar-refractivity contribution is 7.99. The molecule has 0 atom stereocenters. The SMILES string of the molecule is CC(=O)c1ccc(N2CCN(C(=O)CCSc3ccc(C)c(C)c3)CC2)cc1. The second kappa shape index (κ2) is 9.28. The van der Waals surface area contributed by atoms with E-state index in [2.05, 4.69) is 36.9 Å². The van der Waals surface area contributed by atoms with Gasteiger partial charge in [-0.05, 0) is 68.3 Å². The molecule has 1 aliphatic rings. The molecule has 5 heteroatoms.